The van der Waals surface area contributed by atoms with Gasteiger partial charge in [0.2, 0.25) is 10.0 Å². The predicted octanol–water partition coefficient (Wildman–Crippen LogP) is 2.11. The van der Waals surface area contributed by atoms with E-state index in [1.165, 1.54) is 30.7 Å². The molecule has 0 saturated heterocycles. The second-order valence-corrected chi connectivity index (χ2v) is 6.89. The largest absolute Gasteiger partial charge is 0.459 e. The number of nitrogens with one attached hydrogen (secondary N) is 2. The van der Waals surface area contributed by atoms with Crippen molar-refractivity contribution in [2.45, 2.75) is 11.4 Å². The zero-order chi connectivity index (χ0) is 18.4. The zero-order valence-electron chi connectivity index (χ0n) is 13.5. The lowest BCUT2D eigenvalue weighted by molar-refractivity contribution is 0.0927. The Morgan fingerprint density at radius 2 is 1.88 bits per heavy atom. The fourth-order valence-corrected chi connectivity index (χ4v) is 3.04. The molecule has 0 saturated carbocycles. The van der Waals surface area contributed by atoms with Gasteiger partial charge in [-0.05, 0) is 36.4 Å². The number of hydrogen-bond acceptors (Lipinski definition) is 6. The van der Waals surface area contributed by atoms with Crippen LogP contribution >= 0.6 is 0 Å². The molecule has 0 aliphatic rings. The summed E-state index contributed by atoms with van der Waals surface area (Å²) in [6.07, 6.45) is 2.68. The summed E-state index contributed by atoms with van der Waals surface area (Å²) in [5, 5.41) is 3.75. The smallest absolute Gasteiger partial charge is 0.307 e. The van der Waals surface area contributed by atoms with Crippen LogP contribution < -0.4 is 10.1 Å². The maximum Gasteiger partial charge on any atom is 0.307 e. The number of amides is 1. The highest BCUT2D eigenvalue weighted by molar-refractivity contribution is 7.89. The molecule has 2 aromatic heterocycles. The van der Waals surface area contributed by atoms with Crippen molar-refractivity contribution in [2.75, 3.05) is 0 Å². The number of rotatable bonds is 7. The maximum absolute atomic E-state index is 12.1. The van der Waals surface area contributed by atoms with Crippen LogP contribution in [0.25, 0.3) is 0 Å². The van der Waals surface area contributed by atoms with Crippen molar-refractivity contribution >= 4 is 22.1 Å². The van der Waals surface area contributed by atoms with Gasteiger partial charge in [-0.3, -0.25) is 4.79 Å². The second kappa shape index (κ2) is 7.81. The highest BCUT2D eigenvalue weighted by Gasteiger charge is 2.13. The van der Waals surface area contributed by atoms with Gasteiger partial charge in [-0.1, -0.05) is 18.2 Å². The van der Waals surface area contributed by atoms with Crippen LogP contribution in [0.1, 0.15) is 22.1 Å². The molecule has 0 bridgehead atoms. The van der Waals surface area contributed by atoms with Gasteiger partial charge >= 0.3 is 5.91 Å². The van der Waals surface area contributed by atoms with Crippen LogP contribution in [-0.2, 0) is 16.6 Å². The molecule has 0 radical (unpaired) electrons. The third-order valence-electron chi connectivity index (χ3n) is 3.28. The Labute approximate surface area is 149 Å². The number of furan rings is 2. The Balaban J connectivity index is 1.55. The summed E-state index contributed by atoms with van der Waals surface area (Å²) in [6, 6.07) is 14.4. The van der Waals surface area contributed by atoms with Gasteiger partial charge in [-0.15, -0.1) is 0 Å². The van der Waals surface area contributed by atoms with Crippen molar-refractivity contribution in [3.63, 3.8) is 0 Å². The Morgan fingerprint density at radius 3 is 2.62 bits per heavy atom. The average Bonchev–Trinajstić information content (AvgIpc) is 3.33. The number of hydrazone groups is 1. The SMILES string of the molecule is O=C(N/N=C\c1ccc(CNS(=O)(=O)c2ccccc2)o1)c1ccco1. The summed E-state index contributed by atoms with van der Waals surface area (Å²) in [4.78, 5) is 11.8. The standard InChI is InChI=1S/C17H15N3O5S/c21-17(16-7-4-10-24-16)20-18-11-13-8-9-14(25-13)12-19-26(22,23)15-5-2-1-3-6-15/h1-11,19H,12H2,(H,20,21)/b18-11-. The van der Waals surface area contributed by atoms with Crippen molar-refractivity contribution in [1.29, 1.82) is 0 Å². The van der Waals surface area contributed by atoms with Gasteiger partial charge in [0.15, 0.2) is 5.76 Å². The van der Waals surface area contributed by atoms with E-state index in [-0.39, 0.29) is 17.2 Å². The highest BCUT2D eigenvalue weighted by Crippen LogP contribution is 2.10. The summed E-state index contributed by atoms with van der Waals surface area (Å²) in [7, 11) is -3.61. The van der Waals surface area contributed by atoms with E-state index in [4.69, 9.17) is 8.83 Å². The number of carbonyl (C=O) groups is 1. The summed E-state index contributed by atoms with van der Waals surface area (Å²) in [5.41, 5.74) is 2.29. The maximum atomic E-state index is 12.1. The van der Waals surface area contributed by atoms with Crippen molar-refractivity contribution < 1.29 is 22.0 Å². The highest BCUT2D eigenvalue weighted by atomic mass is 32.2. The first-order chi connectivity index (χ1) is 12.5. The topological polar surface area (TPSA) is 114 Å². The first-order valence-electron chi connectivity index (χ1n) is 7.55. The van der Waals surface area contributed by atoms with E-state index in [1.54, 1.807) is 36.4 Å². The Kier molecular flexibility index (Phi) is 5.30. The molecule has 1 amide bonds. The Bertz CT molecular complexity index is 992. The van der Waals surface area contributed by atoms with E-state index >= 15 is 0 Å². The summed E-state index contributed by atoms with van der Waals surface area (Å²) < 4.78 is 37.1. The average molecular weight is 373 g/mol. The van der Waals surface area contributed by atoms with Gasteiger partial charge in [0.05, 0.1) is 23.9 Å². The quantitative estimate of drug-likeness (QED) is 0.486. The van der Waals surface area contributed by atoms with E-state index in [1.807, 2.05) is 0 Å². The Hall–Kier alpha value is -3.17. The Morgan fingerprint density at radius 1 is 1.08 bits per heavy atom. The van der Waals surface area contributed by atoms with E-state index in [9.17, 15) is 13.2 Å². The fraction of sp³-hybridized carbons (Fsp3) is 0.0588. The minimum Gasteiger partial charge on any atom is -0.459 e. The zero-order valence-corrected chi connectivity index (χ0v) is 14.3. The molecule has 0 atom stereocenters. The molecule has 2 N–H and O–H groups in total. The second-order valence-electron chi connectivity index (χ2n) is 5.12. The molecule has 9 heteroatoms. The van der Waals surface area contributed by atoms with Gasteiger partial charge in [0.1, 0.15) is 11.5 Å². The first-order valence-corrected chi connectivity index (χ1v) is 9.03. The van der Waals surface area contributed by atoms with Crippen LogP contribution in [0.4, 0.5) is 0 Å². The third kappa shape index (κ3) is 4.47. The van der Waals surface area contributed by atoms with Crippen LogP contribution in [0.5, 0.6) is 0 Å². The third-order valence-corrected chi connectivity index (χ3v) is 4.69. The molecule has 8 nitrogen and oxygen atoms in total. The number of carbonyl (C=O) groups excluding carboxylic acids is 1. The lowest BCUT2D eigenvalue weighted by atomic mass is 10.4. The van der Waals surface area contributed by atoms with E-state index in [0.717, 1.165) is 0 Å². The van der Waals surface area contributed by atoms with E-state index in [2.05, 4.69) is 15.2 Å². The molecule has 0 aliphatic heterocycles. The molecule has 0 unspecified atom stereocenters. The number of nitrogens with zero attached hydrogens (tertiary/aromatic N) is 1. The number of hydrogen-bond donors (Lipinski definition) is 2. The fourth-order valence-electron chi connectivity index (χ4n) is 2.03. The predicted molar refractivity (Wildman–Crippen MR) is 92.9 cm³/mol. The van der Waals surface area contributed by atoms with E-state index in [0.29, 0.717) is 11.5 Å². The summed E-state index contributed by atoms with van der Waals surface area (Å²) in [5.74, 6) is 0.410. The molecule has 1 aromatic carbocycles. The molecule has 0 spiro atoms. The van der Waals surface area contributed by atoms with Gasteiger partial charge in [0.25, 0.3) is 0 Å². The van der Waals surface area contributed by atoms with Gasteiger partial charge in [0, 0.05) is 0 Å². The van der Waals surface area contributed by atoms with Crippen LogP contribution in [0.2, 0.25) is 0 Å². The van der Waals surface area contributed by atoms with Crippen molar-refractivity contribution in [3.8, 4) is 0 Å². The molecule has 3 rings (SSSR count). The molecular weight excluding hydrogens is 358 g/mol. The van der Waals surface area contributed by atoms with Crippen LogP contribution in [0.3, 0.4) is 0 Å². The van der Waals surface area contributed by atoms with Crippen LogP contribution in [0.15, 0.2) is 79.7 Å². The van der Waals surface area contributed by atoms with Gasteiger partial charge in [-0.2, -0.15) is 5.10 Å². The van der Waals surface area contributed by atoms with Gasteiger partial charge in [-0.25, -0.2) is 18.6 Å². The minimum atomic E-state index is -3.61. The van der Waals surface area contributed by atoms with Crippen molar-refractivity contribution in [2.24, 2.45) is 5.10 Å². The number of benzene rings is 1. The normalized spacial score (nSPS) is 11.7. The number of sulfonamides is 1. The molecule has 0 fully saturated rings. The summed E-state index contributed by atoms with van der Waals surface area (Å²) >= 11 is 0. The van der Waals surface area contributed by atoms with Crippen molar-refractivity contribution in [1.82, 2.24) is 10.1 Å². The monoisotopic (exact) mass is 373 g/mol. The minimum absolute atomic E-state index is 0.0101. The molecule has 134 valence electrons. The molecule has 3 aromatic rings. The lowest BCUT2D eigenvalue weighted by Crippen LogP contribution is -2.22. The summed E-state index contributed by atoms with van der Waals surface area (Å²) in [6.45, 7) is -0.0101. The van der Waals surface area contributed by atoms with E-state index < -0.39 is 15.9 Å². The molecular formula is C17H15N3O5S. The molecule has 26 heavy (non-hydrogen) atoms. The molecule has 2 heterocycles. The molecule has 0 aliphatic carbocycles. The van der Waals surface area contributed by atoms with Crippen molar-refractivity contribution in [3.05, 3.63) is 78.1 Å². The van der Waals surface area contributed by atoms with Crippen LogP contribution in [-0.4, -0.2) is 20.5 Å². The van der Waals surface area contributed by atoms with Gasteiger partial charge < -0.3 is 8.83 Å². The first kappa shape index (κ1) is 17.6. The lowest BCUT2D eigenvalue weighted by Gasteiger charge is -2.04. The van der Waals surface area contributed by atoms with Crippen LogP contribution in [0, 0.1) is 0 Å².